The number of sulfonamides is 1. The van der Waals surface area contributed by atoms with Crippen LogP contribution in [-0.2, 0) is 10.0 Å². The highest BCUT2D eigenvalue weighted by Crippen LogP contribution is 2.31. The highest BCUT2D eigenvalue weighted by atomic mass is 79.9. The predicted octanol–water partition coefficient (Wildman–Crippen LogP) is 2.56. The Hall–Kier alpha value is -0.210. The molecule has 0 radical (unpaired) electrons. The molecule has 1 aliphatic rings. The first-order valence-corrected chi connectivity index (χ1v) is 8.35. The third kappa shape index (κ3) is 3.71. The van der Waals surface area contributed by atoms with Gasteiger partial charge in [0.2, 0.25) is 10.0 Å². The fourth-order valence-electron chi connectivity index (χ4n) is 2.43. The van der Waals surface area contributed by atoms with Crippen LogP contribution >= 0.6 is 28.3 Å². The molecule has 0 unspecified atom stereocenters. The van der Waals surface area contributed by atoms with Gasteiger partial charge in [-0.25, -0.2) is 17.5 Å². The number of halogens is 3. The lowest BCUT2D eigenvalue weighted by Gasteiger charge is -2.28. The molecule has 8 heteroatoms. The van der Waals surface area contributed by atoms with Crippen LogP contribution in [0.25, 0.3) is 0 Å². The zero-order valence-electron chi connectivity index (χ0n) is 10.7. The summed E-state index contributed by atoms with van der Waals surface area (Å²) in [6.07, 6.45) is 3.40. The fraction of sp³-hybridized carbons (Fsp3) is 0.500. The molecule has 1 aromatic carbocycles. The first kappa shape index (κ1) is 17.8. The summed E-state index contributed by atoms with van der Waals surface area (Å²) in [4.78, 5) is 0.0358. The van der Waals surface area contributed by atoms with Crippen molar-refractivity contribution >= 4 is 38.4 Å². The summed E-state index contributed by atoms with van der Waals surface area (Å²) in [7, 11) is -3.71. The van der Waals surface area contributed by atoms with Crippen LogP contribution in [0, 0.1) is 5.82 Å². The number of nitrogens with two attached hydrogens (primary N) is 1. The zero-order valence-corrected chi connectivity index (χ0v) is 14.0. The molecule has 3 N–H and O–H groups in total. The van der Waals surface area contributed by atoms with Gasteiger partial charge in [-0.2, -0.15) is 0 Å². The van der Waals surface area contributed by atoms with E-state index in [0.717, 1.165) is 37.8 Å². The highest BCUT2D eigenvalue weighted by Gasteiger charge is 2.37. The Morgan fingerprint density at radius 3 is 2.45 bits per heavy atom. The Bertz CT molecular complexity index is 577. The Kier molecular flexibility index (Phi) is 5.98. The maximum absolute atomic E-state index is 13.0. The van der Waals surface area contributed by atoms with Gasteiger partial charge in [-0.3, -0.25) is 0 Å². The zero-order chi connectivity index (χ0) is 14.1. The molecule has 1 aromatic rings. The second-order valence-electron chi connectivity index (χ2n) is 4.87. The second-order valence-corrected chi connectivity index (χ2v) is 7.38. The van der Waals surface area contributed by atoms with Crippen molar-refractivity contribution in [3.8, 4) is 0 Å². The van der Waals surface area contributed by atoms with E-state index in [4.69, 9.17) is 5.73 Å². The average molecular weight is 388 g/mol. The highest BCUT2D eigenvalue weighted by molar-refractivity contribution is 9.10. The molecule has 20 heavy (non-hydrogen) atoms. The van der Waals surface area contributed by atoms with Crippen LogP contribution in [0.15, 0.2) is 27.6 Å². The fourth-order valence-corrected chi connectivity index (χ4v) is 4.95. The minimum atomic E-state index is -3.71. The predicted molar refractivity (Wildman–Crippen MR) is 81.9 cm³/mol. The second kappa shape index (κ2) is 6.70. The van der Waals surface area contributed by atoms with Gasteiger partial charge in [0.25, 0.3) is 0 Å². The van der Waals surface area contributed by atoms with Crippen LogP contribution in [0.1, 0.15) is 25.7 Å². The molecule has 114 valence electrons. The summed E-state index contributed by atoms with van der Waals surface area (Å²) in [5.41, 5.74) is 5.15. The van der Waals surface area contributed by atoms with E-state index < -0.39 is 21.4 Å². The standard InChI is InChI=1S/C12H16BrFN2O2S.ClH/c13-10-7-9(14)3-4-11(10)19(17,18)16-12(8-15)5-1-2-6-12;/h3-4,7,16H,1-2,5-6,8,15H2;1H. The van der Waals surface area contributed by atoms with Crippen LogP contribution in [0.3, 0.4) is 0 Å². The molecule has 0 spiro atoms. The minimum absolute atomic E-state index is 0. The molecule has 0 aliphatic heterocycles. The third-order valence-electron chi connectivity index (χ3n) is 3.49. The lowest BCUT2D eigenvalue weighted by molar-refractivity contribution is 0.399. The number of benzene rings is 1. The minimum Gasteiger partial charge on any atom is -0.329 e. The Morgan fingerprint density at radius 1 is 1.35 bits per heavy atom. The van der Waals surface area contributed by atoms with Gasteiger partial charge in [0.1, 0.15) is 5.82 Å². The Morgan fingerprint density at radius 2 is 1.95 bits per heavy atom. The van der Waals surface area contributed by atoms with Gasteiger partial charge in [-0.05, 0) is 47.0 Å². The molecule has 4 nitrogen and oxygen atoms in total. The summed E-state index contributed by atoms with van der Waals surface area (Å²) < 4.78 is 40.7. The molecule has 1 aliphatic carbocycles. The molecule has 1 saturated carbocycles. The van der Waals surface area contributed by atoms with Gasteiger partial charge in [-0.15, -0.1) is 12.4 Å². The van der Waals surface area contributed by atoms with E-state index >= 15 is 0 Å². The normalized spacial score (nSPS) is 17.8. The number of rotatable bonds is 4. The summed E-state index contributed by atoms with van der Waals surface area (Å²) in [6.45, 7) is 0.269. The van der Waals surface area contributed by atoms with E-state index in [-0.39, 0.29) is 28.3 Å². The number of hydrogen-bond donors (Lipinski definition) is 2. The van der Waals surface area contributed by atoms with Gasteiger partial charge < -0.3 is 5.73 Å². The quantitative estimate of drug-likeness (QED) is 0.834. The molecule has 0 atom stereocenters. The van der Waals surface area contributed by atoms with E-state index in [1.54, 1.807) is 0 Å². The van der Waals surface area contributed by atoms with Gasteiger partial charge >= 0.3 is 0 Å². The van der Waals surface area contributed by atoms with E-state index in [2.05, 4.69) is 20.7 Å². The van der Waals surface area contributed by atoms with E-state index in [9.17, 15) is 12.8 Å². The smallest absolute Gasteiger partial charge is 0.242 e. The molecule has 2 rings (SSSR count). The van der Waals surface area contributed by atoms with Crippen molar-refractivity contribution in [2.24, 2.45) is 5.73 Å². The largest absolute Gasteiger partial charge is 0.329 e. The van der Waals surface area contributed by atoms with Gasteiger partial charge in [-0.1, -0.05) is 12.8 Å². The SMILES string of the molecule is Cl.NCC1(NS(=O)(=O)c2ccc(F)cc2Br)CCCC1. The third-order valence-corrected chi connectivity index (χ3v) is 6.04. The van der Waals surface area contributed by atoms with Crippen LogP contribution < -0.4 is 10.5 Å². The topological polar surface area (TPSA) is 72.2 Å². The Balaban J connectivity index is 0.00000200. The number of nitrogens with one attached hydrogen (secondary N) is 1. The van der Waals surface area contributed by atoms with Crippen molar-refractivity contribution in [2.45, 2.75) is 36.1 Å². The van der Waals surface area contributed by atoms with Crippen molar-refractivity contribution < 1.29 is 12.8 Å². The van der Waals surface area contributed by atoms with Crippen molar-refractivity contribution in [3.63, 3.8) is 0 Å². The molecule has 1 fully saturated rings. The summed E-state index contributed by atoms with van der Waals surface area (Å²) in [6, 6.07) is 3.52. The maximum atomic E-state index is 13.0. The van der Waals surface area contributed by atoms with Crippen molar-refractivity contribution in [3.05, 3.63) is 28.5 Å². The van der Waals surface area contributed by atoms with Crippen LogP contribution in [-0.4, -0.2) is 20.5 Å². The lowest BCUT2D eigenvalue weighted by atomic mass is 10.0. The molecule has 0 aromatic heterocycles. The van der Waals surface area contributed by atoms with Crippen LogP contribution in [0.4, 0.5) is 4.39 Å². The van der Waals surface area contributed by atoms with Crippen molar-refractivity contribution in [2.75, 3.05) is 6.54 Å². The van der Waals surface area contributed by atoms with Gasteiger partial charge in [0.15, 0.2) is 0 Å². The molecule has 0 bridgehead atoms. The van der Waals surface area contributed by atoms with Crippen molar-refractivity contribution in [1.29, 1.82) is 0 Å². The van der Waals surface area contributed by atoms with Crippen LogP contribution in [0.5, 0.6) is 0 Å². The summed E-state index contributed by atoms with van der Waals surface area (Å²) >= 11 is 3.08. The first-order valence-electron chi connectivity index (χ1n) is 6.08. The molecule has 0 heterocycles. The first-order chi connectivity index (χ1) is 8.88. The average Bonchev–Trinajstić information content (AvgIpc) is 2.77. The van der Waals surface area contributed by atoms with Gasteiger partial charge in [0.05, 0.1) is 4.90 Å². The maximum Gasteiger partial charge on any atom is 0.242 e. The van der Waals surface area contributed by atoms with Gasteiger partial charge in [0, 0.05) is 16.6 Å². The van der Waals surface area contributed by atoms with Crippen molar-refractivity contribution in [1.82, 2.24) is 4.72 Å². The molecule has 0 saturated heterocycles. The Labute approximate surface area is 132 Å². The number of hydrogen-bond acceptors (Lipinski definition) is 3. The van der Waals surface area contributed by atoms with E-state index in [0.29, 0.717) is 0 Å². The molecular weight excluding hydrogens is 371 g/mol. The monoisotopic (exact) mass is 386 g/mol. The van der Waals surface area contributed by atoms with E-state index in [1.165, 1.54) is 6.07 Å². The molecular formula is C12H17BrClFN2O2S. The summed E-state index contributed by atoms with van der Waals surface area (Å²) in [5, 5.41) is 0. The van der Waals surface area contributed by atoms with E-state index in [1.807, 2.05) is 0 Å². The molecule has 0 amide bonds. The van der Waals surface area contributed by atoms with Crippen LogP contribution in [0.2, 0.25) is 0 Å². The summed E-state index contributed by atoms with van der Waals surface area (Å²) in [5.74, 6) is -0.486. The lowest BCUT2D eigenvalue weighted by Crippen LogP contribution is -2.51.